The number of piperazine rings is 1. The van der Waals surface area contributed by atoms with Crippen molar-refractivity contribution in [2.45, 2.75) is 12.5 Å². The van der Waals surface area contributed by atoms with Crippen LogP contribution in [0.5, 0.6) is 0 Å². The minimum atomic E-state index is 0.0630. The van der Waals surface area contributed by atoms with Crippen LogP contribution in [0.25, 0.3) is 10.9 Å². The first kappa shape index (κ1) is 15.8. The molecule has 24 heavy (non-hydrogen) atoms. The molecule has 126 valence electrons. The molecule has 3 heterocycles. The van der Waals surface area contributed by atoms with Crippen LogP contribution in [0.4, 0.5) is 0 Å². The van der Waals surface area contributed by atoms with Crippen LogP contribution in [-0.2, 0) is 0 Å². The van der Waals surface area contributed by atoms with E-state index in [-0.39, 0.29) is 5.91 Å². The summed E-state index contributed by atoms with van der Waals surface area (Å²) in [4.78, 5) is 21.9. The van der Waals surface area contributed by atoms with Gasteiger partial charge in [0, 0.05) is 56.9 Å². The van der Waals surface area contributed by atoms with Gasteiger partial charge in [0.1, 0.15) is 0 Å². The molecule has 1 aromatic carbocycles. The number of likely N-dealkylation sites (tertiary alicyclic amines) is 1. The van der Waals surface area contributed by atoms with Gasteiger partial charge in [0.2, 0.25) is 0 Å². The van der Waals surface area contributed by atoms with Crippen LogP contribution in [0.3, 0.4) is 0 Å². The maximum absolute atomic E-state index is 13.0. The van der Waals surface area contributed by atoms with Gasteiger partial charge in [0.15, 0.2) is 0 Å². The number of halogens is 1. The molecule has 2 fully saturated rings. The smallest absolute Gasteiger partial charge is 0.256 e. The second-order valence-corrected chi connectivity index (χ2v) is 6.88. The second kappa shape index (κ2) is 6.67. The summed E-state index contributed by atoms with van der Waals surface area (Å²) in [6, 6.07) is 7.83. The van der Waals surface area contributed by atoms with E-state index >= 15 is 0 Å². The van der Waals surface area contributed by atoms with Crippen molar-refractivity contribution >= 4 is 28.4 Å². The van der Waals surface area contributed by atoms with E-state index in [1.165, 1.54) is 0 Å². The number of fused-ring (bicyclic) bond motifs is 1. The zero-order chi connectivity index (χ0) is 16.5. The van der Waals surface area contributed by atoms with E-state index in [9.17, 15) is 4.79 Å². The van der Waals surface area contributed by atoms with E-state index in [1.807, 2.05) is 17.0 Å². The van der Waals surface area contributed by atoms with Gasteiger partial charge < -0.3 is 10.2 Å². The third-order valence-corrected chi connectivity index (χ3v) is 5.40. The number of hydrogen-bond acceptors (Lipinski definition) is 4. The van der Waals surface area contributed by atoms with Crippen LogP contribution in [0.15, 0.2) is 30.5 Å². The van der Waals surface area contributed by atoms with E-state index in [2.05, 4.69) is 15.2 Å². The predicted molar refractivity (Wildman–Crippen MR) is 95.5 cm³/mol. The Balaban J connectivity index is 1.55. The number of nitrogens with zero attached hydrogens (tertiary/aromatic N) is 3. The maximum atomic E-state index is 13.0. The monoisotopic (exact) mass is 344 g/mol. The molecular weight excluding hydrogens is 324 g/mol. The van der Waals surface area contributed by atoms with Crippen molar-refractivity contribution in [2.24, 2.45) is 0 Å². The van der Waals surface area contributed by atoms with Gasteiger partial charge in [-0.05, 0) is 30.7 Å². The Hall–Kier alpha value is -1.69. The number of nitrogens with one attached hydrogen (secondary N) is 1. The first-order chi connectivity index (χ1) is 11.7. The number of benzene rings is 1. The summed E-state index contributed by atoms with van der Waals surface area (Å²) in [7, 11) is 0. The lowest BCUT2D eigenvalue weighted by molar-refractivity contribution is 0.0775. The molecule has 4 rings (SSSR count). The Morgan fingerprint density at radius 3 is 2.88 bits per heavy atom. The molecule has 0 bridgehead atoms. The van der Waals surface area contributed by atoms with Crippen LogP contribution in [0, 0.1) is 0 Å². The van der Waals surface area contributed by atoms with Gasteiger partial charge in [-0.1, -0.05) is 11.6 Å². The van der Waals surface area contributed by atoms with E-state index in [1.54, 1.807) is 18.3 Å². The highest BCUT2D eigenvalue weighted by molar-refractivity contribution is 6.36. The largest absolute Gasteiger partial charge is 0.337 e. The van der Waals surface area contributed by atoms with Crippen LogP contribution in [-0.4, -0.2) is 66.0 Å². The molecule has 1 N–H and O–H groups in total. The van der Waals surface area contributed by atoms with Gasteiger partial charge in [0.05, 0.1) is 16.1 Å². The molecule has 6 heteroatoms. The summed E-state index contributed by atoms with van der Waals surface area (Å²) in [6.45, 7) is 5.82. The maximum Gasteiger partial charge on any atom is 0.256 e. The van der Waals surface area contributed by atoms with E-state index < -0.39 is 0 Å². The summed E-state index contributed by atoms with van der Waals surface area (Å²) in [5.74, 6) is 0.0630. The van der Waals surface area contributed by atoms with Gasteiger partial charge >= 0.3 is 0 Å². The van der Waals surface area contributed by atoms with E-state index in [0.29, 0.717) is 22.1 Å². The Morgan fingerprint density at radius 1 is 1.21 bits per heavy atom. The fraction of sp³-hybridized carbons (Fsp3) is 0.444. The highest BCUT2D eigenvalue weighted by atomic mass is 35.5. The molecule has 1 aromatic heterocycles. The lowest BCUT2D eigenvalue weighted by Gasteiger charge is -2.32. The zero-order valence-corrected chi connectivity index (χ0v) is 14.3. The van der Waals surface area contributed by atoms with Crippen molar-refractivity contribution < 1.29 is 4.79 Å². The molecule has 2 aromatic rings. The first-order valence-electron chi connectivity index (χ1n) is 8.51. The Labute approximate surface area is 146 Å². The number of carbonyl (C=O) groups excluding carboxylic acids is 1. The predicted octanol–water partition coefficient (Wildman–Crippen LogP) is 2.01. The van der Waals surface area contributed by atoms with Crippen molar-refractivity contribution in [3.05, 3.63) is 41.0 Å². The average molecular weight is 345 g/mol. The van der Waals surface area contributed by atoms with Gasteiger partial charge in [-0.3, -0.25) is 14.7 Å². The van der Waals surface area contributed by atoms with E-state index in [4.69, 9.17) is 11.6 Å². The van der Waals surface area contributed by atoms with Crippen LogP contribution < -0.4 is 5.32 Å². The SMILES string of the molecule is O=C(c1ccc(Cl)c2cccnc12)N1CCC(N2CCNCC2)C1. The summed E-state index contributed by atoms with van der Waals surface area (Å²) in [5, 5.41) is 4.85. The second-order valence-electron chi connectivity index (χ2n) is 6.47. The summed E-state index contributed by atoms with van der Waals surface area (Å²) in [6.07, 6.45) is 2.76. The van der Waals surface area contributed by atoms with Crippen LogP contribution in [0.2, 0.25) is 5.02 Å². The average Bonchev–Trinajstić information content (AvgIpc) is 3.13. The number of carbonyl (C=O) groups is 1. The van der Waals surface area contributed by atoms with Gasteiger partial charge in [0.25, 0.3) is 5.91 Å². The summed E-state index contributed by atoms with van der Waals surface area (Å²) < 4.78 is 0. The van der Waals surface area contributed by atoms with Gasteiger partial charge in [-0.15, -0.1) is 0 Å². The lowest BCUT2D eigenvalue weighted by atomic mass is 10.1. The third kappa shape index (κ3) is 2.88. The standard InChI is InChI=1S/C18H21ClN4O/c19-16-4-3-15(17-14(16)2-1-6-21-17)18(24)23-9-5-13(12-23)22-10-7-20-8-11-22/h1-4,6,13,20H,5,7-12H2. The Bertz CT molecular complexity index is 760. The molecule has 0 aliphatic carbocycles. The molecule has 5 nitrogen and oxygen atoms in total. The zero-order valence-electron chi connectivity index (χ0n) is 13.5. The summed E-state index contributed by atoms with van der Waals surface area (Å²) in [5.41, 5.74) is 1.34. The fourth-order valence-electron chi connectivity index (χ4n) is 3.75. The number of hydrogen-bond donors (Lipinski definition) is 1. The van der Waals surface area contributed by atoms with Gasteiger partial charge in [-0.25, -0.2) is 0 Å². The quantitative estimate of drug-likeness (QED) is 0.905. The molecule has 1 unspecified atom stereocenters. The fourth-order valence-corrected chi connectivity index (χ4v) is 3.97. The summed E-state index contributed by atoms with van der Waals surface area (Å²) >= 11 is 6.24. The molecule has 1 atom stereocenters. The van der Waals surface area contributed by atoms with Crippen molar-refractivity contribution in [3.8, 4) is 0 Å². The highest BCUT2D eigenvalue weighted by Gasteiger charge is 2.32. The molecular formula is C18H21ClN4O. The number of rotatable bonds is 2. The van der Waals surface area contributed by atoms with Crippen molar-refractivity contribution in [3.63, 3.8) is 0 Å². The minimum Gasteiger partial charge on any atom is -0.337 e. The Kier molecular flexibility index (Phi) is 4.39. The number of aromatic nitrogens is 1. The normalized spacial score (nSPS) is 22.2. The van der Waals surface area contributed by atoms with Crippen LogP contribution >= 0.6 is 11.6 Å². The lowest BCUT2D eigenvalue weighted by Crippen LogP contribution is -2.49. The molecule has 0 radical (unpaired) electrons. The van der Waals surface area contributed by atoms with Crippen molar-refractivity contribution in [2.75, 3.05) is 39.3 Å². The molecule has 0 spiro atoms. The topological polar surface area (TPSA) is 48.5 Å². The Morgan fingerprint density at radius 2 is 2.04 bits per heavy atom. The molecule has 2 saturated heterocycles. The molecule has 2 aliphatic heterocycles. The molecule has 1 amide bonds. The molecule has 2 aliphatic rings. The van der Waals surface area contributed by atoms with Crippen LogP contribution in [0.1, 0.15) is 16.8 Å². The minimum absolute atomic E-state index is 0.0630. The first-order valence-corrected chi connectivity index (χ1v) is 8.89. The highest BCUT2D eigenvalue weighted by Crippen LogP contribution is 2.27. The number of pyridine rings is 1. The van der Waals surface area contributed by atoms with Gasteiger partial charge in [-0.2, -0.15) is 0 Å². The van der Waals surface area contributed by atoms with Crippen molar-refractivity contribution in [1.82, 2.24) is 20.1 Å². The molecule has 0 saturated carbocycles. The third-order valence-electron chi connectivity index (χ3n) is 5.07. The van der Waals surface area contributed by atoms with E-state index in [0.717, 1.165) is 51.1 Å². The number of amides is 1. The van der Waals surface area contributed by atoms with Crippen molar-refractivity contribution in [1.29, 1.82) is 0 Å².